The van der Waals surface area contributed by atoms with Gasteiger partial charge in [-0.3, -0.25) is 14.4 Å². The molecule has 0 saturated heterocycles. The quantitative estimate of drug-likeness (QED) is 0.440. The highest BCUT2D eigenvalue weighted by Gasteiger charge is 2.19. The molecule has 0 aromatic heterocycles. The fourth-order valence-electron chi connectivity index (χ4n) is 2.60. The van der Waals surface area contributed by atoms with E-state index in [1.165, 1.54) is 25.1 Å². The summed E-state index contributed by atoms with van der Waals surface area (Å²) in [7, 11) is 0. The molecule has 0 spiro atoms. The molecule has 0 radical (unpaired) electrons. The Morgan fingerprint density at radius 1 is 1.17 bits per heavy atom. The van der Waals surface area contributed by atoms with Crippen molar-refractivity contribution in [3.63, 3.8) is 0 Å². The maximum atomic E-state index is 12.4. The summed E-state index contributed by atoms with van der Waals surface area (Å²) in [6.45, 7) is 0.649. The van der Waals surface area contributed by atoms with Crippen molar-refractivity contribution >= 4 is 35.3 Å². The summed E-state index contributed by atoms with van der Waals surface area (Å²) < 4.78 is 10.3. The average Bonchev–Trinajstić information content (AvgIpc) is 2.71. The van der Waals surface area contributed by atoms with Crippen molar-refractivity contribution < 1.29 is 28.7 Å². The highest BCUT2D eigenvalue weighted by atomic mass is 16.5. The third kappa shape index (κ3) is 5.29. The second kappa shape index (κ2) is 8.83. The second-order valence-corrected chi connectivity index (χ2v) is 6.20. The van der Waals surface area contributed by atoms with Gasteiger partial charge in [0.15, 0.2) is 19.0 Å². The number of hydrogen-bond donors (Lipinski definition) is 2. The Hall–Kier alpha value is -3.94. The van der Waals surface area contributed by atoms with E-state index in [9.17, 15) is 19.2 Å². The molecule has 29 heavy (non-hydrogen) atoms. The number of fused-ring (bicyclic) bond motifs is 1. The number of carbonyl (C=O) groups is 4. The van der Waals surface area contributed by atoms with Gasteiger partial charge in [0.05, 0.1) is 5.69 Å². The summed E-state index contributed by atoms with van der Waals surface area (Å²) in [5.74, 6) is -1.62. The lowest BCUT2D eigenvalue weighted by Gasteiger charge is -2.18. The van der Waals surface area contributed by atoms with E-state index in [1.807, 2.05) is 6.07 Å². The summed E-state index contributed by atoms with van der Waals surface area (Å²) in [4.78, 5) is 47.5. The molecule has 0 fully saturated rings. The predicted octanol–water partition coefficient (Wildman–Crippen LogP) is 1.92. The molecule has 1 aliphatic heterocycles. The van der Waals surface area contributed by atoms with Gasteiger partial charge in [0.2, 0.25) is 5.91 Å². The van der Waals surface area contributed by atoms with Gasteiger partial charge in [-0.05, 0) is 29.8 Å². The summed E-state index contributed by atoms with van der Waals surface area (Å²) in [5, 5.41) is 5.02. The van der Waals surface area contributed by atoms with Crippen LogP contribution in [0.3, 0.4) is 0 Å². The van der Waals surface area contributed by atoms with Crippen LogP contribution in [0.4, 0.5) is 5.69 Å². The standard InChI is InChI=1S/C21H18N2O6/c1-13(24)22-17(9-14-5-3-2-4-6-14)21(27)29-11-18(25)15-7-8-19-16(10-15)23-20(26)12-28-19/h2-10H,11-12H2,1H3,(H,22,24)(H,23,26)/b17-9-. The highest BCUT2D eigenvalue weighted by molar-refractivity contribution is 6.03. The van der Waals surface area contributed by atoms with Crippen LogP contribution in [0.1, 0.15) is 22.8 Å². The molecule has 0 unspecified atom stereocenters. The number of benzene rings is 2. The minimum Gasteiger partial charge on any atom is -0.482 e. The van der Waals surface area contributed by atoms with Gasteiger partial charge in [0.25, 0.3) is 5.91 Å². The molecule has 2 aromatic carbocycles. The van der Waals surface area contributed by atoms with Crippen LogP contribution in [-0.4, -0.2) is 36.8 Å². The number of rotatable bonds is 6. The van der Waals surface area contributed by atoms with Gasteiger partial charge in [0.1, 0.15) is 11.4 Å². The number of Topliss-reactive ketones (excluding diaryl/α,β-unsaturated/α-hetero) is 1. The first-order valence-corrected chi connectivity index (χ1v) is 8.74. The van der Waals surface area contributed by atoms with E-state index in [2.05, 4.69) is 10.6 Å². The Balaban J connectivity index is 1.68. The minimum absolute atomic E-state index is 0.0809. The van der Waals surface area contributed by atoms with E-state index in [1.54, 1.807) is 30.3 Å². The number of ketones is 1. The topological polar surface area (TPSA) is 111 Å². The molecule has 3 rings (SSSR count). The summed E-state index contributed by atoms with van der Waals surface area (Å²) in [6.07, 6.45) is 1.46. The van der Waals surface area contributed by atoms with Crippen LogP contribution >= 0.6 is 0 Å². The molecule has 0 aliphatic carbocycles. The first kappa shape index (κ1) is 19.8. The first-order valence-electron chi connectivity index (χ1n) is 8.74. The summed E-state index contributed by atoms with van der Waals surface area (Å²) >= 11 is 0. The van der Waals surface area contributed by atoms with Gasteiger partial charge in [0, 0.05) is 12.5 Å². The van der Waals surface area contributed by atoms with Crippen molar-refractivity contribution in [2.75, 3.05) is 18.5 Å². The Morgan fingerprint density at radius 3 is 2.66 bits per heavy atom. The van der Waals surface area contributed by atoms with Gasteiger partial charge < -0.3 is 20.1 Å². The van der Waals surface area contributed by atoms with E-state index in [0.29, 0.717) is 17.0 Å². The molecule has 8 nitrogen and oxygen atoms in total. The van der Waals surface area contributed by atoms with Crippen LogP contribution in [0, 0.1) is 0 Å². The fourth-order valence-corrected chi connectivity index (χ4v) is 2.60. The van der Waals surface area contributed by atoms with Crippen molar-refractivity contribution in [3.8, 4) is 5.75 Å². The third-order valence-corrected chi connectivity index (χ3v) is 3.91. The van der Waals surface area contributed by atoms with Crippen molar-refractivity contribution in [2.45, 2.75) is 6.92 Å². The summed E-state index contributed by atoms with van der Waals surface area (Å²) in [5.41, 5.74) is 1.23. The SMILES string of the molecule is CC(=O)N/C(=C\c1ccccc1)C(=O)OCC(=O)c1ccc2c(c1)NC(=O)CO2. The molecule has 8 heteroatoms. The number of ether oxygens (including phenoxy) is 2. The zero-order valence-electron chi connectivity index (χ0n) is 15.6. The fraction of sp³-hybridized carbons (Fsp3) is 0.143. The van der Waals surface area contributed by atoms with Crippen molar-refractivity contribution in [1.82, 2.24) is 5.32 Å². The monoisotopic (exact) mass is 394 g/mol. The number of anilines is 1. The van der Waals surface area contributed by atoms with Crippen molar-refractivity contribution in [3.05, 3.63) is 65.4 Å². The molecule has 0 atom stereocenters. The zero-order chi connectivity index (χ0) is 20.8. The summed E-state index contributed by atoms with van der Waals surface area (Å²) in [6, 6.07) is 13.4. The molecule has 2 N–H and O–H groups in total. The maximum Gasteiger partial charge on any atom is 0.355 e. The Labute approximate surface area is 166 Å². The molecular weight excluding hydrogens is 376 g/mol. The zero-order valence-corrected chi connectivity index (χ0v) is 15.6. The maximum absolute atomic E-state index is 12.4. The van der Waals surface area contributed by atoms with Crippen LogP contribution in [0.5, 0.6) is 5.75 Å². The molecular formula is C21H18N2O6. The molecule has 0 bridgehead atoms. The van der Waals surface area contributed by atoms with Gasteiger partial charge >= 0.3 is 5.97 Å². The smallest absolute Gasteiger partial charge is 0.355 e. The lowest BCUT2D eigenvalue weighted by atomic mass is 10.1. The first-order chi connectivity index (χ1) is 13.9. The van der Waals surface area contributed by atoms with E-state index in [-0.39, 0.29) is 23.8 Å². The lowest BCUT2D eigenvalue weighted by Crippen LogP contribution is -2.28. The largest absolute Gasteiger partial charge is 0.482 e. The van der Waals surface area contributed by atoms with Crippen LogP contribution in [-0.2, 0) is 19.1 Å². The third-order valence-electron chi connectivity index (χ3n) is 3.91. The number of amides is 2. The van der Waals surface area contributed by atoms with E-state index in [0.717, 1.165) is 0 Å². The average molecular weight is 394 g/mol. The van der Waals surface area contributed by atoms with Gasteiger partial charge in [-0.15, -0.1) is 0 Å². The highest BCUT2D eigenvalue weighted by Crippen LogP contribution is 2.28. The van der Waals surface area contributed by atoms with E-state index >= 15 is 0 Å². The molecule has 2 amide bonds. The number of esters is 1. The van der Waals surface area contributed by atoms with Crippen LogP contribution in [0.15, 0.2) is 54.2 Å². The Morgan fingerprint density at radius 2 is 1.93 bits per heavy atom. The van der Waals surface area contributed by atoms with Crippen molar-refractivity contribution in [1.29, 1.82) is 0 Å². The second-order valence-electron chi connectivity index (χ2n) is 6.20. The van der Waals surface area contributed by atoms with Crippen LogP contribution in [0.25, 0.3) is 6.08 Å². The van der Waals surface area contributed by atoms with Crippen LogP contribution in [0.2, 0.25) is 0 Å². The lowest BCUT2D eigenvalue weighted by molar-refractivity contribution is -0.139. The molecule has 2 aromatic rings. The predicted molar refractivity (Wildman–Crippen MR) is 104 cm³/mol. The Kier molecular flexibility index (Phi) is 6.03. The molecule has 1 heterocycles. The molecule has 0 saturated carbocycles. The number of carbonyl (C=O) groups excluding carboxylic acids is 4. The Bertz CT molecular complexity index is 997. The van der Waals surface area contributed by atoms with Gasteiger partial charge in [-0.1, -0.05) is 30.3 Å². The minimum atomic E-state index is -0.841. The van der Waals surface area contributed by atoms with Crippen molar-refractivity contribution in [2.24, 2.45) is 0 Å². The van der Waals surface area contributed by atoms with Gasteiger partial charge in [-0.25, -0.2) is 4.79 Å². The molecule has 1 aliphatic rings. The van der Waals surface area contributed by atoms with E-state index in [4.69, 9.17) is 9.47 Å². The molecule has 148 valence electrons. The van der Waals surface area contributed by atoms with Crippen LogP contribution < -0.4 is 15.4 Å². The normalized spacial score (nSPS) is 12.9. The number of nitrogens with one attached hydrogen (secondary N) is 2. The van der Waals surface area contributed by atoms with E-state index < -0.39 is 24.3 Å². The van der Waals surface area contributed by atoms with Gasteiger partial charge in [-0.2, -0.15) is 0 Å². The number of hydrogen-bond acceptors (Lipinski definition) is 6.